The zero-order chi connectivity index (χ0) is 15.8. The van der Waals surface area contributed by atoms with E-state index in [-0.39, 0.29) is 18.3 Å². The highest BCUT2D eigenvalue weighted by atomic mass is 16.4. The van der Waals surface area contributed by atoms with E-state index in [2.05, 4.69) is 5.32 Å². The average Bonchev–Trinajstić information content (AvgIpc) is 2.41. The number of carbonyl (C=O) groups is 2. The normalized spacial score (nSPS) is 11.9. The number of aliphatic carboxylic acids is 1. The number of aliphatic hydroxyl groups is 1. The Hall–Kier alpha value is -2.15. The first-order chi connectivity index (χ1) is 9.93. The lowest BCUT2D eigenvalue weighted by Gasteiger charge is -2.12. The van der Waals surface area contributed by atoms with Crippen molar-refractivity contribution < 1.29 is 29.5 Å². The van der Waals surface area contributed by atoms with E-state index >= 15 is 0 Å². The number of aromatic hydroxyl groups is 1. The van der Waals surface area contributed by atoms with Crippen molar-refractivity contribution in [3.63, 3.8) is 0 Å². The summed E-state index contributed by atoms with van der Waals surface area (Å²) in [7, 11) is 0. The third kappa shape index (κ3) is 5.78. The summed E-state index contributed by atoms with van der Waals surface area (Å²) in [6, 6.07) is 0.768. The Morgan fingerprint density at radius 1 is 1.38 bits per heavy atom. The molecule has 1 heterocycles. The Morgan fingerprint density at radius 3 is 2.62 bits per heavy atom. The summed E-state index contributed by atoms with van der Waals surface area (Å²) < 4.78 is 1.77. The Labute approximate surface area is 122 Å². The third-order valence-corrected chi connectivity index (χ3v) is 3.09. The van der Waals surface area contributed by atoms with Gasteiger partial charge in [0.1, 0.15) is 12.6 Å². The molecule has 1 amide bonds. The van der Waals surface area contributed by atoms with Crippen LogP contribution >= 0.6 is 0 Å². The summed E-state index contributed by atoms with van der Waals surface area (Å²) in [4.78, 5) is 21.8. The fourth-order valence-corrected chi connectivity index (χ4v) is 1.97. The minimum atomic E-state index is -1.04. The number of aromatic nitrogens is 1. The molecule has 7 heteroatoms. The van der Waals surface area contributed by atoms with Crippen LogP contribution in [0.5, 0.6) is 5.75 Å². The maximum Gasteiger partial charge on any atom is 0.326 e. The van der Waals surface area contributed by atoms with E-state index in [4.69, 9.17) is 10.2 Å². The minimum Gasteiger partial charge on any atom is -0.502 e. The van der Waals surface area contributed by atoms with Crippen LogP contribution in [-0.2, 0) is 22.7 Å². The molecule has 0 aromatic carbocycles. The van der Waals surface area contributed by atoms with Crippen LogP contribution in [0.15, 0.2) is 18.5 Å². The average molecular weight is 297 g/mol. The zero-order valence-electron chi connectivity index (χ0n) is 12.0. The largest absolute Gasteiger partial charge is 0.502 e. The van der Waals surface area contributed by atoms with Crippen molar-refractivity contribution in [3.05, 3.63) is 24.0 Å². The number of aryl methyl sites for hydroxylation is 1. The molecule has 0 bridgehead atoms. The van der Waals surface area contributed by atoms with Crippen molar-refractivity contribution in [2.45, 2.75) is 45.4 Å². The maximum atomic E-state index is 10.9. The van der Waals surface area contributed by atoms with E-state index in [0.29, 0.717) is 31.4 Å². The molecule has 1 rings (SSSR count). The number of unbranched alkanes of at least 4 members (excludes halogenated alkanes) is 1. The highest BCUT2D eigenvalue weighted by Gasteiger charge is 2.17. The molecule has 4 N–H and O–H groups in total. The summed E-state index contributed by atoms with van der Waals surface area (Å²) in [5, 5.41) is 29.9. The highest BCUT2D eigenvalue weighted by Crippen LogP contribution is 2.12. The van der Waals surface area contributed by atoms with Crippen LogP contribution in [-0.4, -0.2) is 33.2 Å². The van der Waals surface area contributed by atoms with Gasteiger partial charge in [0.15, 0.2) is 11.9 Å². The molecule has 0 spiro atoms. The van der Waals surface area contributed by atoms with Gasteiger partial charge in [-0.15, -0.1) is 0 Å². The second-order valence-electron chi connectivity index (χ2n) is 4.84. The first kappa shape index (κ1) is 16.9. The van der Waals surface area contributed by atoms with Gasteiger partial charge < -0.3 is 20.6 Å². The Kier molecular flexibility index (Phi) is 6.61. The van der Waals surface area contributed by atoms with Gasteiger partial charge in [0.05, 0.1) is 6.61 Å². The van der Waals surface area contributed by atoms with E-state index in [1.54, 1.807) is 16.8 Å². The number of hydrogen-bond acceptors (Lipinski definition) is 4. The maximum absolute atomic E-state index is 10.9. The van der Waals surface area contributed by atoms with Crippen molar-refractivity contribution in [1.29, 1.82) is 0 Å². The number of rotatable bonds is 8. The quantitative estimate of drug-likeness (QED) is 0.396. The molecule has 1 unspecified atom stereocenters. The van der Waals surface area contributed by atoms with Gasteiger partial charge in [-0.2, -0.15) is 0 Å². The van der Waals surface area contributed by atoms with Crippen LogP contribution in [0.3, 0.4) is 0 Å². The number of carbonyl (C=O) groups excluding carboxylic acids is 1. The van der Waals surface area contributed by atoms with Gasteiger partial charge in [0.2, 0.25) is 12.1 Å². The van der Waals surface area contributed by atoms with E-state index in [9.17, 15) is 14.7 Å². The molecule has 0 aliphatic carbocycles. The van der Waals surface area contributed by atoms with Gasteiger partial charge in [-0.1, -0.05) is 0 Å². The summed E-state index contributed by atoms with van der Waals surface area (Å²) in [6.45, 7) is 1.69. The fourth-order valence-electron chi connectivity index (χ4n) is 1.97. The molecule has 0 radical (unpaired) electrons. The Balaban J connectivity index is 2.40. The molecule has 7 nitrogen and oxygen atoms in total. The first-order valence-corrected chi connectivity index (χ1v) is 6.75. The summed E-state index contributed by atoms with van der Waals surface area (Å²) in [6.07, 6.45) is 4.97. The van der Waals surface area contributed by atoms with E-state index in [1.165, 1.54) is 13.1 Å². The van der Waals surface area contributed by atoms with E-state index < -0.39 is 12.0 Å². The number of carboxylic acids is 1. The second-order valence-corrected chi connectivity index (χ2v) is 4.84. The molecule has 1 aromatic heterocycles. The van der Waals surface area contributed by atoms with Gasteiger partial charge >= 0.3 is 5.97 Å². The van der Waals surface area contributed by atoms with Gasteiger partial charge in [0, 0.05) is 25.0 Å². The zero-order valence-corrected chi connectivity index (χ0v) is 12.0. The van der Waals surface area contributed by atoms with Crippen molar-refractivity contribution in [1.82, 2.24) is 5.32 Å². The number of nitrogens with one attached hydrogen (secondary N) is 1. The second kappa shape index (κ2) is 8.21. The number of aliphatic hydroxyl groups excluding tert-OH is 1. The number of carboxylic acid groups (broad SMARTS) is 1. The van der Waals surface area contributed by atoms with Crippen LogP contribution in [0.4, 0.5) is 0 Å². The lowest BCUT2D eigenvalue weighted by atomic mass is 10.1. The standard InChI is InChI=1S/C14H20N2O5/c1-10(18)15-12(14(20)21)4-2-3-6-16-7-5-11(9-17)13(19)8-16/h5,7-8,12,17H,2-4,6,9H2,1H3,(H2-,15,18,19,20,21)/p+1. The van der Waals surface area contributed by atoms with Gasteiger partial charge in [0.25, 0.3) is 0 Å². The number of nitrogens with zero attached hydrogens (tertiary/aromatic N) is 1. The van der Waals surface area contributed by atoms with Crippen LogP contribution in [0.1, 0.15) is 31.7 Å². The van der Waals surface area contributed by atoms with Gasteiger partial charge in [-0.05, 0) is 12.8 Å². The SMILES string of the molecule is CC(=O)NC(CCCC[n+]1ccc(CO)c(O)c1)C(=O)O. The lowest BCUT2D eigenvalue weighted by molar-refractivity contribution is -0.697. The van der Waals surface area contributed by atoms with Crippen LogP contribution in [0.2, 0.25) is 0 Å². The topological polar surface area (TPSA) is 111 Å². The van der Waals surface area contributed by atoms with Gasteiger partial charge in [-0.25, -0.2) is 9.36 Å². The van der Waals surface area contributed by atoms with Crippen LogP contribution in [0.25, 0.3) is 0 Å². The molecule has 116 valence electrons. The molecule has 0 aliphatic rings. The molecule has 0 saturated carbocycles. The lowest BCUT2D eigenvalue weighted by Crippen LogP contribution is -2.39. The molecular formula is C14H21N2O5+. The molecule has 0 aliphatic heterocycles. The molecule has 1 atom stereocenters. The molecule has 1 aromatic rings. The predicted molar refractivity (Wildman–Crippen MR) is 73.3 cm³/mol. The van der Waals surface area contributed by atoms with Crippen molar-refractivity contribution >= 4 is 11.9 Å². The van der Waals surface area contributed by atoms with E-state index in [0.717, 1.165) is 0 Å². The predicted octanol–water partition coefficient (Wildman–Crippen LogP) is -0.0684. The highest BCUT2D eigenvalue weighted by molar-refractivity contribution is 5.81. The Morgan fingerprint density at radius 2 is 2.10 bits per heavy atom. The third-order valence-electron chi connectivity index (χ3n) is 3.09. The Bertz CT molecular complexity index is 504. The van der Waals surface area contributed by atoms with Crippen molar-refractivity contribution in [2.75, 3.05) is 0 Å². The van der Waals surface area contributed by atoms with E-state index in [1.807, 2.05) is 0 Å². The molecule has 0 fully saturated rings. The number of hydrogen-bond donors (Lipinski definition) is 4. The number of pyridine rings is 1. The number of amides is 1. The molecular weight excluding hydrogens is 276 g/mol. The minimum absolute atomic E-state index is 0.0293. The monoisotopic (exact) mass is 297 g/mol. The summed E-state index contributed by atoms with van der Waals surface area (Å²) in [5.41, 5.74) is 0.461. The van der Waals surface area contributed by atoms with Crippen molar-refractivity contribution in [3.8, 4) is 5.75 Å². The molecule has 0 saturated heterocycles. The smallest absolute Gasteiger partial charge is 0.326 e. The fraction of sp³-hybridized carbons (Fsp3) is 0.500. The molecule has 21 heavy (non-hydrogen) atoms. The first-order valence-electron chi connectivity index (χ1n) is 6.75. The van der Waals surface area contributed by atoms with Crippen LogP contribution in [0, 0.1) is 0 Å². The summed E-state index contributed by atoms with van der Waals surface area (Å²) >= 11 is 0. The summed E-state index contributed by atoms with van der Waals surface area (Å²) in [5.74, 6) is -1.37. The van der Waals surface area contributed by atoms with Crippen LogP contribution < -0.4 is 9.88 Å². The van der Waals surface area contributed by atoms with Gasteiger partial charge in [-0.3, -0.25) is 4.79 Å². The van der Waals surface area contributed by atoms with Crippen molar-refractivity contribution in [2.24, 2.45) is 0 Å².